The molecule has 1 aliphatic rings. The van der Waals surface area contributed by atoms with Gasteiger partial charge in [0.2, 0.25) is 0 Å². The van der Waals surface area contributed by atoms with Crippen molar-refractivity contribution in [1.29, 1.82) is 0 Å². The zero-order valence-electron chi connectivity index (χ0n) is 8.40. The summed E-state index contributed by atoms with van der Waals surface area (Å²) >= 11 is 0. The lowest BCUT2D eigenvalue weighted by Gasteiger charge is -1.98. The number of rotatable bonds is 3. The van der Waals surface area contributed by atoms with E-state index >= 15 is 0 Å². The smallest absolute Gasteiger partial charge is 0.0855 e. The molecule has 0 amide bonds. The fraction of sp³-hybridized carbons (Fsp3) is 0.182. The Labute approximate surface area is 88.9 Å². The lowest BCUT2D eigenvalue weighted by Crippen LogP contribution is -2.20. The Morgan fingerprint density at radius 3 is 3.00 bits per heavy atom. The van der Waals surface area contributed by atoms with E-state index in [9.17, 15) is 0 Å². The largest absolute Gasteiger partial charge is 0.397 e. The van der Waals surface area contributed by atoms with Crippen LogP contribution in [0.15, 0.2) is 41.0 Å². The Morgan fingerprint density at radius 1 is 1.40 bits per heavy atom. The molecule has 1 heterocycles. The number of aliphatic imine (C=N–C) groups is 1. The molecule has 1 aromatic rings. The number of nitrogens with zero attached hydrogens (tertiary/aromatic N) is 1. The topological polar surface area (TPSA) is 62.4 Å². The monoisotopic (exact) mass is 202 g/mol. The summed E-state index contributed by atoms with van der Waals surface area (Å²) in [5.41, 5.74) is 14.5. The summed E-state index contributed by atoms with van der Waals surface area (Å²) in [6, 6.07) is 7.60. The summed E-state index contributed by atoms with van der Waals surface area (Å²) in [5, 5.41) is 0. The van der Waals surface area contributed by atoms with E-state index < -0.39 is 0 Å². The molecule has 2 rings (SSSR count). The van der Waals surface area contributed by atoms with Gasteiger partial charge in [-0.1, -0.05) is 12.1 Å². The van der Waals surface area contributed by atoms with Gasteiger partial charge < -0.3 is 11.2 Å². The SMILES string of the molecule is Nc1ccccc1N=CCC1=CNNC1. The molecule has 4 heteroatoms. The summed E-state index contributed by atoms with van der Waals surface area (Å²) in [4.78, 5) is 4.32. The molecule has 0 aromatic heterocycles. The van der Waals surface area contributed by atoms with Crippen LogP contribution < -0.4 is 16.6 Å². The molecule has 0 unspecified atom stereocenters. The minimum absolute atomic E-state index is 0.713. The maximum absolute atomic E-state index is 5.76. The van der Waals surface area contributed by atoms with E-state index in [4.69, 9.17) is 5.73 Å². The minimum Gasteiger partial charge on any atom is -0.397 e. The fourth-order valence-corrected chi connectivity index (χ4v) is 1.37. The maximum atomic E-state index is 5.76. The van der Waals surface area contributed by atoms with Crippen molar-refractivity contribution < 1.29 is 0 Å². The summed E-state index contributed by atoms with van der Waals surface area (Å²) in [5.74, 6) is 0. The quantitative estimate of drug-likeness (QED) is 0.512. The highest BCUT2D eigenvalue weighted by Crippen LogP contribution is 2.20. The van der Waals surface area contributed by atoms with Gasteiger partial charge in [0.05, 0.1) is 11.4 Å². The van der Waals surface area contributed by atoms with Gasteiger partial charge in [-0.15, -0.1) is 0 Å². The number of hydrazine groups is 1. The molecular weight excluding hydrogens is 188 g/mol. The van der Waals surface area contributed by atoms with Gasteiger partial charge in [0, 0.05) is 25.4 Å². The first kappa shape index (κ1) is 9.73. The Bertz CT molecular complexity index is 395. The van der Waals surface area contributed by atoms with Gasteiger partial charge >= 0.3 is 0 Å². The standard InChI is InChI=1S/C11H14N4/c12-10-3-1-2-4-11(10)13-6-5-9-7-14-15-8-9/h1-4,6-7,14-15H,5,8,12H2. The van der Waals surface area contributed by atoms with Gasteiger partial charge in [-0.3, -0.25) is 4.99 Å². The summed E-state index contributed by atoms with van der Waals surface area (Å²) in [6.07, 6.45) is 4.68. The van der Waals surface area contributed by atoms with Crippen molar-refractivity contribution in [2.24, 2.45) is 4.99 Å². The van der Waals surface area contributed by atoms with Crippen molar-refractivity contribution >= 4 is 17.6 Å². The van der Waals surface area contributed by atoms with Crippen molar-refractivity contribution in [3.05, 3.63) is 36.0 Å². The highest BCUT2D eigenvalue weighted by Gasteiger charge is 2.00. The number of para-hydroxylation sites is 2. The molecule has 0 aliphatic carbocycles. The Kier molecular flexibility index (Phi) is 2.99. The molecule has 1 aromatic carbocycles. The zero-order valence-corrected chi connectivity index (χ0v) is 8.40. The Balaban J connectivity index is 1.96. The van der Waals surface area contributed by atoms with Crippen LogP contribution in [0.5, 0.6) is 0 Å². The van der Waals surface area contributed by atoms with E-state index in [0.717, 1.165) is 18.7 Å². The normalized spacial score (nSPS) is 15.3. The molecule has 0 bridgehead atoms. The van der Waals surface area contributed by atoms with Crippen LogP contribution in [0.3, 0.4) is 0 Å². The molecule has 0 saturated heterocycles. The predicted octanol–water partition coefficient (Wildman–Crippen LogP) is 1.35. The first-order valence-corrected chi connectivity index (χ1v) is 4.89. The Morgan fingerprint density at radius 2 is 2.27 bits per heavy atom. The van der Waals surface area contributed by atoms with Gasteiger partial charge in [0.15, 0.2) is 0 Å². The lowest BCUT2D eigenvalue weighted by molar-refractivity contribution is 0.720. The lowest BCUT2D eigenvalue weighted by atomic mass is 10.2. The van der Waals surface area contributed by atoms with Crippen molar-refractivity contribution in [3.8, 4) is 0 Å². The van der Waals surface area contributed by atoms with Gasteiger partial charge in [-0.05, 0) is 17.7 Å². The third-order valence-electron chi connectivity index (χ3n) is 2.21. The summed E-state index contributed by atoms with van der Waals surface area (Å²) < 4.78 is 0. The molecular formula is C11H14N4. The second-order valence-corrected chi connectivity index (χ2v) is 3.38. The number of hydrogen-bond donors (Lipinski definition) is 3. The van der Waals surface area contributed by atoms with Gasteiger partial charge in [0.1, 0.15) is 0 Å². The number of nitrogens with two attached hydrogens (primary N) is 1. The molecule has 4 nitrogen and oxygen atoms in total. The average Bonchev–Trinajstić information content (AvgIpc) is 2.74. The number of hydrogen-bond acceptors (Lipinski definition) is 4. The first-order valence-electron chi connectivity index (χ1n) is 4.89. The second kappa shape index (κ2) is 4.61. The van der Waals surface area contributed by atoms with Gasteiger partial charge in [-0.25, -0.2) is 5.43 Å². The molecule has 4 N–H and O–H groups in total. The predicted molar refractivity (Wildman–Crippen MR) is 62.8 cm³/mol. The highest BCUT2D eigenvalue weighted by atomic mass is 15.4. The van der Waals surface area contributed by atoms with E-state index in [1.165, 1.54) is 5.57 Å². The first-order chi connectivity index (χ1) is 7.36. The summed E-state index contributed by atoms with van der Waals surface area (Å²) in [6.45, 7) is 0.871. The van der Waals surface area contributed by atoms with Crippen LogP contribution in [0.25, 0.3) is 0 Å². The van der Waals surface area contributed by atoms with Gasteiger partial charge in [0.25, 0.3) is 0 Å². The third kappa shape index (κ3) is 2.57. The van der Waals surface area contributed by atoms with Crippen LogP contribution in [0.2, 0.25) is 0 Å². The van der Waals surface area contributed by atoms with Crippen molar-refractivity contribution in [3.63, 3.8) is 0 Å². The number of nitrogens with one attached hydrogen (secondary N) is 2. The third-order valence-corrected chi connectivity index (χ3v) is 2.21. The minimum atomic E-state index is 0.713. The van der Waals surface area contributed by atoms with E-state index in [0.29, 0.717) is 5.69 Å². The molecule has 0 radical (unpaired) electrons. The van der Waals surface area contributed by atoms with Crippen LogP contribution >= 0.6 is 0 Å². The van der Waals surface area contributed by atoms with E-state index in [-0.39, 0.29) is 0 Å². The number of nitrogen functional groups attached to an aromatic ring is 1. The summed E-state index contributed by atoms with van der Waals surface area (Å²) in [7, 11) is 0. The van der Waals surface area contributed by atoms with E-state index in [1.807, 2.05) is 36.7 Å². The van der Waals surface area contributed by atoms with Gasteiger partial charge in [-0.2, -0.15) is 0 Å². The average molecular weight is 202 g/mol. The van der Waals surface area contributed by atoms with Crippen molar-refractivity contribution in [1.82, 2.24) is 10.9 Å². The van der Waals surface area contributed by atoms with Crippen molar-refractivity contribution in [2.75, 3.05) is 12.3 Å². The number of anilines is 1. The van der Waals surface area contributed by atoms with Crippen LogP contribution in [-0.2, 0) is 0 Å². The van der Waals surface area contributed by atoms with Crippen LogP contribution in [0.4, 0.5) is 11.4 Å². The second-order valence-electron chi connectivity index (χ2n) is 3.38. The van der Waals surface area contributed by atoms with Crippen molar-refractivity contribution in [2.45, 2.75) is 6.42 Å². The van der Waals surface area contributed by atoms with E-state index in [2.05, 4.69) is 15.8 Å². The van der Waals surface area contributed by atoms with Crippen LogP contribution in [-0.4, -0.2) is 12.8 Å². The molecule has 0 fully saturated rings. The molecule has 0 spiro atoms. The maximum Gasteiger partial charge on any atom is 0.0855 e. The molecule has 15 heavy (non-hydrogen) atoms. The van der Waals surface area contributed by atoms with Crippen LogP contribution in [0.1, 0.15) is 6.42 Å². The zero-order chi connectivity index (χ0) is 10.5. The van der Waals surface area contributed by atoms with Crippen LogP contribution in [0, 0.1) is 0 Å². The highest BCUT2D eigenvalue weighted by molar-refractivity contribution is 5.72. The molecule has 78 valence electrons. The van der Waals surface area contributed by atoms with E-state index in [1.54, 1.807) is 0 Å². The Hall–Kier alpha value is -1.81. The molecule has 0 saturated carbocycles. The number of benzene rings is 1. The molecule has 1 aliphatic heterocycles. The fourth-order valence-electron chi connectivity index (χ4n) is 1.37. The molecule has 0 atom stereocenters.